The van der Waals surface area contributed by atoms with Crippen molar-refractivity contribution in [1.82, 2.24) is 20.3 Å². The number of aromatic nitrogens is 1. The number of nitrogens with one attached hydrogen (secondary N) is 1. The normalized spacial score (nSPS) is 17.6. The highest BCUT2D eigenvalue weighted by Crippen LogP contribution is 2.09. The second kappa shape index (κ2) is 6.68. The number of piperazine rings is 1. The Kier molecular flexibility index (Phi) is 4.93. The third kappa shape index (κ3) is 4.33. The highest BCUT2D eigenvalue weighted by molar-refractivity contribution is 5.77. The van der Waals surface area contributed by atoms with Gasteiger partial charge in [-0.15, -0.1) is 0 Å². The lowest BCUT2D eigenvalue weighted by Crippen LogP contribution is -2.49. The zero-order valence-electron chi connectivity index (χ0n) is 11.7. The number of amides is 1. The van der Waals surface area contributed by atoms with Crippen LogP contribution in [0.5, 0.6) is 0 Å². The van der Waals surface area contributed by atoms with Gasteiger partial charge in [0.25, 0.3) is 0 Å². The summed E-state index contributed by atoms with van der Waals surface area (Å²) in [6, 6.07) is 1.97. The van der Waals surface area contributed by atoms with E-state index in [4.69, 9.17) is 4.52 Å². The minimum Gasteiger partial charge on any atom is -0.360 e. The summed E-state index contributed by atoms with van der Waals surface area (Å²) >= 11 is 0. The van der Waals surface area contributed by atoms with Gasteiger partial charge in [0.15, 0.2) is 5.76 Å². The number of carbonyl (C=O) groups is 1. The van der Waals surface area contributed by atoms with Crippen LogP contribution in [0.25, 0.3) is 0 Å². The van der Waals surface area contributed by atoms with E-state index in [2.05, 4.69) is 20.3 Å². The lowest BCUT2D eigenvalue weighted by Gasteiger charge is -2.33. The van der Waals surface area contributed by atoms with Crippen LogP contribution < -0.4 is 5.32 Å². The van der Waals surface area contributed by atoms with Crippen LogP contribution in [0.1, 0.15) is 18.4 Å². The van der Waals surface area contributed by atoms with E-state index in [9.17, 15) is 4.79 Å². The molecular formula is C13H22N4O2. The van der Waals surface area contributed by atoms with Crippen molar-refractivity contribution in [3.63, 3.8) is 0 Å². The fourth-order valence-corrected chi connectivity index (χ4v) is 2.27. The number of nitrogens with zero attached hydrogens (tertiary/aromatic N) is 3. The van der Waals surface area contributed by atoms with Crippen LogP contribution in [-0.4, -0.2) is 60.1 Å². The Labute approximate surface area is 113 Å². The number of rotatable bonds is 5. The van der Waals surface area contributed by atoms with Crippen molar-refractivity contribution in [2.75, 3.05) is 39.3 Å². The zero-order valence-corrected chi connectivity index (χ0v) is 11.7. The van der Waals surface area contributed by atoms with Crippen LogP contribution in [-0.2, 0) is 11.3 Å². The first-order chi connectivity index (χ1) is 9.17. The van der Waals surface area contributed by atoms with Crippen molar-refractivity contribution in [2.24, 2.45) is 0 Å². The Bertz CT molecular complexity index is 411. The average molecular weight is 266 g/mol. The van der Waals surface area contributed by atoms with Gasteiger partial charge in [-0.3, -0.25) is 14.6 Å². The molecule has 0 bridgehead atoms. The van der Waals surface area contributed by atoms with Gasteiger partial charge in [0.2, 0.25) is 5.91 Å². The summed E-state index contributed by atoms with van der Waals surface area (Å²) in [4.78, 5) is 16.0. The van der Waals surface area contributed by atoms with Crippen LogP contribution in [0.3, 0.4) is 0 Å². The molecule has 0 spiro atoms. The van der Waals surface area contributed by atoms with Gasteiger partial charge < -0.3 is 9.84 Å². The molecule has 1 aromatic heterocycles. The van der Waals surface area contributed by atoms with Crippen LogP contribution in [0.4, 0.5) is 0 Å². The van der Waals surface area contributed by atoms with E-state index in [1.54, 1.807) is 0 Å². The summed E-state index contributed by atoms with van der Waals surface area (Å²) in [5.41, 5.74) is 0.921. The largest absolute Gasteiger partial charge is 0.360 e. The SMILES string of the molecule is CCNC(=O)CN1CCN(Cc2cc(C)no2)CC1. The van der Waals surface area contributed by atoms with Crippen LogP contribution in [0.2, 0.25) is 0 Å². The van der Waals surface area contributed by atoms with Gasteiger partial charge in [-0.1, -0.05) is 5.16 Å². The fourth-order valence-electron chi connectivity index (χ4n) is 2.27. The number of aryl methyl sites for hydroxylation is 1. The maximum atomic E-state index is 11.5. The molecule has 6 nitrogen and oxygen atoms in total. The monoisotopic (exact) mass is 266 g/mol. The van der Waals surface area contributed by atoms with Gasteiger partial charge in [0.1, 0.15) is 0 Å². The number of hydrogen-bond donors (Lipinski definition) is 1. The van der Waals surface area contributed by atoms with Crippen LogP contribution in [0.15, 0.2) is 10.6 Å². The van der Waals surface area contributed by atoms with E-state index in [-0.39, 0.29) is 5.91 Å². The standard InChI is InChI=1S/C13H22N4O2/c1-3-14-13(18)10-17-6-4-16(5-7-17)9-12-8-11(2)15-19-12/h8H,3-7,9-10H2,1-2H3,(H,14,18). The third-order valence-electron chi connectivity index (χ3n) is 3.26. The smallest absolute Gasteiger partial charge is 0.234 e. The molecule has 6 heteroatoms. The third-order valence-corrected chi connectivity index (χ3v) is 3.26. The maximum absolute atomic E-state index is 11.5. The zero-order chi connectivity index (χ0) is 13.7. The molecule has 1 saturated heterocycles. The van der Waals surface area contributed by atoms with Crippen molar-refractivity contribution in [3.05, 3.63) is 17.5 Å². The number of likely N-dealkylation sites (N-methyl/N-ethyl adjacent to an activating group) is 1. The Hall–Kier alpha value is -1.40. The van der Waals surface area contributed by atoms with Gasteiger partial charge in [0, 0.05) is 38.8 Å². The highest BCUT2D eigenvalue weighted by atomic mass is 16.5. The van der Waals surface area contributed by atoms with Gasteiger partial charge in [-0.2, -0.15) is 0 Å². The predicted molar refractivity (Wildman–Crippen MR) is 71.6 cm³/mol. The van der Waals surface area contributed by atoms with Gasteiger partial charge in [-0.25, -0.2) is 0 Å². The first-order valence-corrected chi connectivity index (χ1v) is 6.81. The maximum Gasteiger partial charge on any atom is 0.234 e. The number of hydrogen-bond acceptors (Lipinski definition) is 5. The van der Waals surface area contributed by atoms with Gasteiger partial charge >= 0.3 is 0 Å². The molecular weight excluding hydrogens is 244 g/mol. The Morgan fingerprint density at radius 2 is 2.05 bits per heavy atom. The van der Waals surface area contributed by atoms with Crippen LogP contribution >= 0.6 is 0 Å². The second-order valence-electron chi connectivity index (χ2n) is 4.94. The summed E-state index contributed by atoms with van der Waals surface area (Å²) in [6.07, 6.45) is 0. The quantitative estimate of drug-likeness (QED) is 0.827. The van der Waals surface area contributed by atoms with Crippen molar-refractivity contribution in [2.45, 2.75) is 20.4 Å². The average Bonchev–Trinajstić information content (AvgIpc) is 2.78. The lowest BCUT2D eigenvalue weighted by molar-refractivity contribution is -0.122. The molecule has 0 aliphatic carbocycles. The van der Waals surface area contributed by atoms with Gasteiger partial charge in [0.05, 0.1) is 18.8 Å². The summed E-state index contributed by atoms with van der Waals surface area (Å²) in [7, 11) is 0. The summed E-state index contributed by atoms with van der Waals surface area (Å²) < 4.78 is 5.22. The molecule has 2 rings (SSSR count). The molecule has 1 aliphatic heterocycles. The van der Waals surface area contributed by atoms with E-state index in [1.165, 1.54) is 0 Å². The summed E-state index contributed by atoms with van der Waals surface area (Å²) in [5.74, 6) is 1.02. The Balaban J connectivity index is 1.71. The first-order valence-electron chi connectivity index (χ1n) is 6.81. The fraction of sp³-hybridized carbons (Fsp3) is 0.692. The van der Waals surface area contributed by atoms with Crippen molar-refractivity contribution in [1.29, 1.82) is 0 Å². The molecule has 0 radical (unpaired) electrons. The summed E-state index contributed by atoms with van der Waals surface area (Å²) in [6.45, 7) is 9.63. The minimum atomic E-state index is 0.113. The molecule has 1 fully saturated rings. The first kappa shape index (κ1) is 14.0. The molecule has 1 N–H and O–H groups in total. The number of carbonyl (C=O) groups excluding carboxylic acids is 1. The lowest BCUT2D eigenvalue weighted by atomic mass is 10.3. The predicted octanol–water partition coefficient (Wildman–Crippen LogP) is 0.237. The Morgan fingerprint density at radius 3 is 2.63 bits per heavy atom. The van der Waals surface area contributed by atoms with Crippen molar-refractivity contribution in [3.8, 4) is 0 Å². The van der Waals surface area contributed by atoms with E-state index >= 15 is 0 Å². The van der Waals surface area contributed by atoms with Crippen molar-refractivity contribution < 1.29 is 9.32 Å². The molecule has 0 aromatic carbocycles. The molecule has 19 heavy (non-hydrogen) atoms. The van der Waals surface area contributed by atoms with E-state index in [0.717, 1.165) is 44.2 Å². The van der Waals surface area contributed by atoms with Gasteiger partial charge in [-0.05, 0) is 13.8 Å². The molecule has 2 heterocycles. The minimum absolute atomic E-state index is 0.113. The molecule has 0 saturated carbocycles. The molecule has 106 valence electrons. The van der Waals surface area contributed by atoms with E-state index in [1.807, 2.05) is 19.9 Å². The molecule has 0 atom stereocenters. The topological polar surface area (TPSA) is 61.6 Å². The molecule has 1 amide bonds. The molecule has 1 aliphatic rings. The second-order valence-corrected chi connectivity index (χ2v) is 4.94. The van der Waals surface area contributed by atoms with E-state index in [0.29, 0.717) is 13.1 Å². The summed E-state index contributed by atoms with van der Waals surface area (Å²) in [5, 5.41) is 6.72. The molecule has 0 unspecified atom stereocenters. The molecule has 1 aromatic rings. The highest BCUT2D eigenvalue weighted by Gasteiger charge is 2.19. The Morgan fingerprint density at radius 1 is 1.37 bits per heavy atom. The van der Waals surface area contributed by atoms with E-state index < -0.39 is 0 Å². The van der Waals surface area contributed by atoms with Crippen molar-refractivity contribution >= 4 is 5.91 Å². The van der Waals surface area contributed by atoms with Crippen LogP contribution in [0, 0.1) is 6.92 Å².